The van der Waals surface area contributed by atoms with Gasteiger partial charge >= 0.3 is 0 Å². The summed E-state index contributed by atoms with van der Waals surface area (Å²) in [6, 6.07) is 5.53. The highest BCUT2D eigenvalue weighted by Crippen LogP contribution is 2.31. The van der Waals surface area contributed by atoms with Crippen LogP contribution < -0.4 is 15.0 Å². The number of methoxy groups -OCH3 is 1. The summed E-state index contributed by atoms with van der Waals surface area (Å²) < 4.78 is 35.9. The molecule has 164 valence electrons. The van der Waals surface area contributed by atoms with Gasteiger partial charge in [-0.2, -0.15) is 4.98 Å². The Morgan fingerprint density at radius 3 is 2.75 bits per heavy atom. The predicted molar refractivity (Wildman–Crippen MR) is 114 cm³/mol. The largest absolute Gasteiger partial charge is 0.493 e. The van der Waals surface area contributed by atoms with Crippen molar-refractivity contribution in [2.45, 2.75) is 13.0 Å². The van der Waals surface area contributed by atoms with Gasteiger partial charge < -0.3 is 15.0 Å². The van der Waals surface area contributed by atoms with Crippen LogP contribution in [0.15, 0.2) is 43.0 Å². The van der Waals surface area contributed by atoms with Crippen LogP contribution in [0, 0.1) is 11.6 Å². The van der Waals surface area contributed by atoms with Crippen molar-refractivity contribution in [2.75, 3.05) is 23.9 Å². The Balaban J connectivity index is 1.42. The van der Waals surface area contributed by atoms with Crippen LogP contribution in [0.25, 0.3) is 5.82 Å². The fraction of sp³-hybridized carbons (Fsp3) is 0.200. The Labute approximate surface area is 186 Å². The third kappa shape index (κ3) is 3.71. The zero-order valence-electron chi connectivity index (χ0n) is 16.8. The van der Waals surface area contributed by atoms with Crippen LogP contribution in [0.2, 0.25) is 5.15 Å². The van der Waals surface area contributed by atoms with Crippen molar-refractivity contribution >= 4 is 34.9 Å². The average molecular weight is 459 g/mol. The minimum atomic E-state index is -0.907. The second-order valence-electron chi connectivity index (χ2n) is 7.04. The van der Waals surface area contributed by atoms with Gasteiger partial charge in [0.25, 0.3) is 0 Å². The van der Waals surface area contributed by atoms with Crippen LogP contribution in [0.1, 0.15) is 6.42 Å². The van der Waals surface area contributed by atoms with E-state index in [1.807, 2.05) is 0 Å². The molecule has 5 rings (SSSR count). The van der Waals surface area contributed by atoms with E-state index in [0.717, 1.165) is 18.6 Å². The molecule has 1 aliphatic rings. The van der Waals surface area contributed by atoms with Gasteiger partial charge in [0.05, 0.1) is 19.0 Å². The van der Waals surface area contributed by atoms with Gasteiger partial charge in [-0.25, -0.2) is 23.4 Å². The molecular formula is C20H17ClF2N8O. The van der Waals surface area contributed by atoms with Crippen molar-refractivity contribution < 1.29 is 13.5 Å². The molecule has 0 spiro atoms. The SMILES string of the molecule is COc1cc(Nc2nc3n(n2)CCCN3c2ccc(F)c(F)c2)cnc1-n1cnc(Cl)c1. The van der Waals surface area contributed by atoms with E-state index in [9.17, 15) is 8.78 Å². The van der Waals surface area contributed by atoms with Gasteiger partial charge in [0.2, 0.25) is 11.9 Å². The zero-order chi connectivity index (χ0) is 22.2. The van der Waals surface area contributed by atoms with E-state index in [-0.39, 0.29) is 0 Å². The molecular weight excluding hydrogens is 442 g/mol. The number of aromatic nitrogens is 6. The maximum atomic E-state index is 13.7. The number of benzene rings is 1. The van der Waals surface area contributed by atoms with Crippen LogP contribution in [-0.2, 0) is 6.54 Å². The Kier molecular flexibility index (Phi) is 5.10. The molecule has 12 heteroatoms. The summed E-state index contributed by atoms with van der Waals surface area (Å²) in [4.78, 5) is 14.7. The Bertz CT molecular complexity index is 1290. The number of pyridine rings is 1. The number of aryl methyl sites for hydroxylation is 1. The molecule has 1 aliphatic heterocycles. The van der Waals surface area contributed by atoms with Crippen LogP contribution in [0.3, 0.4) is 0 Å². The molecule has 1 N–H and O–H groups in total. The maximum absolute atomic E-state index is 13.7. The van der Waals surface area contributed by atoms with Gasteiger partial charge in [-0.15, -0.1) is 5.10 Å². The normalized spacial score (nSPS) is 13.2. The molecule has 4 aromatic rings. The Morgan fingerprint density at radius 1 is 1.12 bits per heavy atom. The molecule has 32 heavy (non-hydrogen) atoms. The molecule has 0 saturated carbocycles. The molecule has 0 atom stereocenters. The van der Waals surface area contributed by atoms with E-state index < -0.39 is 11.6 Å². The van der Waals surface area contributed by atoms with E-state index >= 15 is 0 Å². The first-order chi connectivity index (χ1) is 15.5. The first kappa shape index (κ1) is 20.2. The van der Waals surface area contributed by atoms with Crippen LogP contribution >= 0.6 is 11.6 Å². The van der Waals surface area contributed by atoms with Crippen molar-refractivity contribution in [3.8, 4) is 11.6 Å². The molecule has 0 radical (unpaired) electrons. The first-order valence-corrected chi connectivity index (χ1v) is 10.1. The van der Waals surface area contributed by atoms with Crippen molar-refractivity contribution in [1.82, 2.24) is 29.3 Å². The third-order valence-electron chi connectivity index (χ3n) is 4.96. The molecule has 9 nitrogen and oxygen atoms in total. The number of imidazole rings is 1. The summed E-state index contributed by atoms with van der Waals surface area (Å²) in [7, 11) is 1.54. The second kappa shape index (κ2) is 8.08. The number of halogens is 3. The highest BCUT2D eigenvalue weighted by atomic mass is 35.5. The number of nitrogens with zero attached hydrogens (tertiary/aromatic N) is 7. The second-order valence-corrected chi connectivity index (χ2v) is 7.43. The molecule has 4 heterocycles. The zero-order valence-corrected chi connectivity index (χ0v) is 17.6. The fourth-order valence-electron chi connectivity index (χ4n) is 3.51. The summed E-state index contributed by atoms with van der Waals surface area (Å²) in [5.74, 6) is 0.106. The monoisotopic (exact) mass is 458 g/mol. The summed E-state index contributed by atoms with van der Waals surface area (Å²) >= 11 is 5.89. The molecule has 3 aromatic heterocycles. The number of nitrogens with one attached hydrogen (secondary N) is 1. The molecule has 0 unspecified atom stereocenters. The minimum Gasteiger partial charge on any atom is -0.493 e. The lowest BCUT2D eigenvalue weighted by atomic mass is 10.2. The molecule has 1 aromatic carbocycles. The van der Waals surface area contributed by atoms with Crippen molar-refractivity contribution in [1.29, 1.82) is 0 Å². The van der Waals surface area contributed by atoms with Crippen LogP contribution in [0.4, 0.5) is 32.1 Å². The third-order valence-corrected chi connectivity index (χ3v) is 5.16. The lowest BCUT2D eigenvalue weighted by Crippen LogP contribution is -2.28. The molecule has 0 aliphatic carbocycles. The molecule has 0 bridgehead atoms. The van der Waals surface area contributed by atoms with Crippen molar-refractivity contribution in [2.24, 2.45) is 0 Å². The Hall–Kier alpha value is -3.73. The molecule has 0 fully saturated rings. The summed E-state index contributed by atoms with van der Waals surface area (Å²) in [5.41, 5.74) is 1.12. The van der Waals surface area contributed by atoms with E-state index in [1.54, 1.807) is 32.6 Å². The molecule has 0 saturated heterocycles. The van der Waals surface area contributed by atoms with Gasteiger partial charge in [0.15, 0.2) is 23.2 Å². The molecule has 0 amide bonds. The highest BCUT2D eigenvalue weighted by Gasteiger charge is 2.23. The summed E-state index contributed by atoms with van der Waals surface area (Å²) in [6.45, 7) is 1.27. The van der Waals surface area contributed by atoms with Gasteiger partial charge in [0, 0.05) is 37.1 Å². The van der Waals surface area contributed by atoms with Gasteiger partial charge in [0.1, 0.15) is 11.5 Å². The van der Waals surface area contributed by atoms with Crippen LogP contribution in [-0.4, -0.2) is 43.0 Å². The standard InChI is InChI=1S/C20H17ClF2N8O/c1-32-16-7-12(9-24-18(16)29-10-17(21)25-11-29)26-19-27-20-30(5-2-6-31(20)28-19)13-3-4-14(22)15(23)8-13/h3-4,7-11H,2,5-6H2,1H3,(H,26,28). The minimum absolute atomic E-state index is 0.342. The van der Waals surface area contributed by atoms with Crippen molar-refractivity contribution in [3.05, 3.63) is 59.8 Å². The number of ether oxygens (including phenoxy) is 1. The van der Waals surface area contributed by atoms with E-state index in [2.05, 4.69) is 25.4 Å². The predicted octanol–water partition coefficient (Wildman–Crippen LogP) is 4.08. The van der Waals surface area contributed by atoms with Gasteiger partial charge in [-0.1, -0.05) is 11.6 Å². The van der Waals surface area contributed by atoms with Gasteiger partial charge in [-0.05, 0) is 18.6 Å². The average Bonchev–Trinajstić information content (AvgIpc) is 3.41. The number of hydrogen-bond donors (Lipinski definition) is 1. The fourth-order valence-corrected chi connectivity index (χ4v) is 3.65. The van der Waals surface area contributed by atoms with Crippen LogP contribution in [0.5, 0.6) is 5.75 Å². The smallest absolute Gasteiger partial charge is 0.248 e. The number of anilines is 4. The number of hydrogen-bond acceptors (Lipinski definition) is 7. The Morgan fingerprint density at radius 2 is 2.00 bits per heavy atom. The number of fused-ring (bicyclic) bond motifs is 1. The summed E-state index contributed by atoms with van der Waals surface area (Å²) in [5, 5.41) is 7.94. The maximum Gasteiger partial charge on any atom is 0.248 e. The lowest BCUT2D eigenvalue weighted by Gasteiger charge is -2.27. The highest BCUT2D eigenvalue weighted by molar-refractivity contribution is 6.29. The van der Waals surface area contributed by atoms with Crippen molar-refractivity contribution in [3.63, 3.8) is 0 Å². The topological polar surface area (TPSA) is 85.9 Å². The summed E-state index contributed by atoms with van der Waals surface area (Å²) in [6.07, 6.45) is 5.56. The number of rotatable bonds is 5. The van der Waals surface area contributed by atoms with Gasteiger partial charge in [-0.3, -0.25) is 4.57 Å². The van der Waals surface area contributed by atoms with E-state index in [0.29, 0.717) is 53.1 Å². The van der Waals surface area contributed by atoms with E-state index in [4.69, 9.17) is 16.3 Å². The first-order valence-electron chi connectivity index (χ1n) is 9.70. The quantitative estimate of drug-likeness (QED) is 0.482. The lowest BCUT2D eigenvalue weighted by molar-refractivity contribution is 0.411. The van der Waals surface area contributed by atoms with E-state index in [1.165, 1.54) is 19.5 Å².